The maximum atomic E-state index is 12.9. The molecule has 2 aromatic rings. The highest BCUT2D eigenvalue weighted by atomic mass is 32.1. The Morgan fingerprint density at radius 3 is 2.27 bits per heavy atom. The SMILES string of the molecule is CCc1nc(C)c(C(=O)N(CC(=O)O)Cc2cc(OC)cc(OC)c2)s1. The average Bonchev–Trinajstić information content (AvgIpc) is 3.00. The number of aryl methyl sites for hydroxylation is 2. The van der Waals surface area contributed by atoms with Gasteiger partial charge in [-0.3, -0.25) is 9.59 Å². The highest BCUT2D eigenvalue weighted by Gasteiger charge is 2.23. The van der Waals surface area contributed by atoms with Crippen molar-refractivity contribution in [3.63, 3.8) is 0 Å². The van der Waals surface area contributed by atoms with Crippen LogP contribution in [-0.4, -0.2) is 47.6 Å². The molecule has 7 nitrogen and oxygen atoms in total. The molecule has 0 aliphatic carbocycles. The minimum Gasteiger partial charge on any atom is -0.497 e. The third kappa shape index (κ3) is 4.72. The second-order valence-electron chi connectivity index (χ2n) is 5.65. The molecule has 2 rings (SSSR count). The molecule has 1 amide bonds. The summed E-state index contributed by atoms with van der Waals surface area (Å²) in [6, 6.07) is 5.22. The number of ether oxygens (including phenoxy) is 2. The van der Waals surface area contributed by atoms with Gasteiger partial charge in [0.25, 0.3) is 5.91 Å². The highest BCUT2D eigenvalue weighted by Crippen LogP contribution is 2.25. The molecule has 0 fully saturated rings. The minimum absolute atomic E-state index is 0.123. The fourth-order valence-corrected chi connectivity index (χ4v) is 3.46. The normalized spacial score (nSPS) is 10.5. The third-order valence-electron chi connectivity index (χ3n) is 3.74. The Balaban J connectivity index is 2.34. The quantitative estimate of drug-likeness (QED) is 0.760. The van der Waals surface area contributed by atoms with Gasteiger partial charge in [-0.05, 0) is 31.0 Å². The van der Waals surface area contributed by atoms with Gasteiger partial charge in [0.05, 0.1) is 24.9 Å². The minimum atomic E-state index is -1.08. The molecular weight excluding hydrogens is 356 g/mol. The van der Waals surface area contributed by atoms with Crippen molar-refractivity contribution in [2.24, 2.45) is 0 Å². The lowest BCUT2D eigenvalue weighted by molar-refractivity contribution is -0.137. The molecule has 8 heteroatoms. The van der Waals surface area contributed by atoms with Gasteiger partial charge < -0.3 is 19.5 Å². The fourth-order valence-electron chi connectivity index (χ4n) is 2.49. The van der Waals surface area contributed by atoms with E-state index in [9.17, 15) is 14.7 Å². The summed E-state index contributed by atoms with van der Waals surface area (Å²) in [5.74, 6) is -0.274. The van der Waals surface area contributed by atoms with Crippen molar-refractivity contribution in [2.75, 3.05) is 20.8 Å². The van der Waals surface area contributed by atoms with Crippen LogP contribution in [0, 0.1) is 6.92 Å². The number of hydrogen-bond acceptors (Lipinski definition) is 6. The van der Waals surface area contributed by atoms with E-state index in [1.54, 1.807) is 25.1 Å². The largest absolute Gasteiger partial charge is 0.497 e. The Morgan fingerprint density at radius 1 is 1.19 bits per heavy atom. The molecule has 140 valence electrons. The van der Waals surface area contributed by atoms with Crippen LogP contribution in [0.15, 0.2) is 18.2 Å². The summed E-state index contributed by atoms with van der Waals surface area (Å²) < 4.78 is 10.5. The van der Waals surface area contributed by atoms with Gasteiger partial charge in [0.15, 0.2) is 0 Å². The van der Waals surface area contributed by atoms with Crippen LogP contribution in [0.25, 0.3) is 0 Å². The molecular formula is C18H22N2O5S. The van der Waals surface area contributed by atoms with E-state index in [1.807, 2.05) is 6.92 Å². The first-order valence-corrected chi connectivity index (χ1v) is 8.88. The molecule has 0 atom stereocenters. The first-order valence-electron chi connectivity index (χ1n) is 8.07. The zero-order chi connectivity index (χ0) is 19.3. The fraction of sp³-hybridized carbons (Fsp3) is 0.389. The average molecular weight is 378 g/mol. The number of hydrogen-bond donors (Lipinski definition) is 1. The summed E-state index contributed by atoms with van der Waals surface area (Å²) in [6.45, 7) is 3.44. The number of carboxylic acids is 1. The van der Waals surface area contributed by atoms with Crippen molar-refractivity contribution in [2.45, 2.75) is 26.8 Å². The van der Waals surface area contributed by atoms with Crippen molar-refractivity contribution < 1.29 is 24.2 Å². The van der Waals surface area contributed by atoms with E-state index in [0.717, 1.165) is 11.4 Å². The zero-order valence-corrected chi connectivity index (χ0v) is 16.1. The van der Waals surface area contributed by atoms with Gasteiger partial charge in [0.2, 0.25) is 0 Å². The number of carbonyl (C=O) groups is 2. The van der Waals surface area contributed by atoms with Crippen LogP contribution >= 0.6 is 11.3 Å². The van der Waals surface area contributed by atoms with E-state index < -0.39 is 12.5 Å². The van der Waals surface area contributed by atoms with Gasteiger partial charge in [-0.15, -0.1) is 11.3 Å². The molecule has 0 radical (unpaired) electrons. The van der Waals surface area contributed by atoms with Gasteiger partial charge in [-0.25, -0.2) is 4.98 Å². The summed E-state index contributed by atoms with van der Waals surface area (Å²) in [6.07, 6.45) is 0.727. The number of carboxylic acid groups (broad SMARTS) is 1. The molecule has 0 bridgehead atoms. The van der Waals surface area contributed by atoms with Crippen molar-refractivity contribution in [1.29, 1.82) is 0 Å². The molecule has 0 aliphatic heterocycles. The second-order valence-corrected chi connectivity index (χ2v) is 6.74. The number of amides is 1. The first kappa shape index (κ1) is 19.7. The Hall–Kier alpha value is -2.61. The Kier molecular flexibility index (Phi) is 6.57. The third-order valence-corrected chi connectivity index (χ3v) is 5.03. The number of aliphatic carboxylic acids is 1. The van der Waals surface area contributed by atoms with Gasteiger partial charge in [-0.1, -0.05) is 6.92 Å². The van der Waals surface area contributed by atoms with E-state index in [0.29, 0.717) is 27.6 Å². The van der Waals surface area contributed by atoms with E-state index >= 15 is 0 Å². The maximum absolute atomic E-state index is 12.9. The lowest BCUT2D eigenvalue weighted by atomic mass is 10.1. The second kappa shape index (κ2) is 8.66. The first-order chi connectivity index (χ1) is 12.4. The number of carbonyl (C=O) groups excluding carboxylic acids is 1. The number of benzene rings is 1. The summed E-state index contributed by atoms with van der Waals surface area (Å²) in [7, 11) is 3.07. The number of nitrogens with zero attached hydrogens (tertiary/aromatic N) is 2. The van der Waals surface area contributed by atoms with Crippen LogP contribution in [0.4, 0.5) is 0 Å². The molecule has 0 unspecified atom stereocenters. The van der Waals surface area contributed by atoms with Crippen LogP contribution in [0.1, 0.15) is 32.9 Å². The van der Waals surface area contributed by atoms with Gasteiger partial charge >= 0.3 is 5.97 Å². The van der Waals surface area contributed by atoms with Crippen LogP contribution in [-0.2, 0) is 17.8 Å². The van der Waals surface area contributed by atoms with Crippen LogP contribution in [0.3, 0.4) is 0 Å². The van der Waals surface area contributed by atoms with Gasteiger partial charge in [-0.2, -0.15) is 0 Å². The standard InChI is InChI=1S/C18H22N2O5S/c1-5-15-19-11(2)17(26-15)18(23)20(10-16(21)22)9-12-6-13(24-3)8-14(7-12)25-4/h6-8H,5,9-10H2,1-4H3,(H,21,22). The van der Waals surface area contributed by atoms with Gasteiger partial charge in [0.1, 0.15) is 22.9 Å². The smallest absolute Gasteiger partial charge is 0.323 e. The molecule has 1 heterocycles. The Morgan fingerprint density at radius 2 is 1.81 bits per heavy atom. The summed E-state index contributed by atoms with van der Waals surface area (Å²) in [5, 5.41) is 10.1. The van der Waals surface area contributed by atoms with Crippen molar-refractivity contribution >= 4 is 23.2 Å². The van der Waals surface area contributed by atoms with Crippen molar-refractivity contribution in [3.8, 4) is 11.5 Å². The Labute approximate surface area is 156 Å². The number of aromatic nitrogens is 1. The molecule has 1 N–H and O–H groups in total. The predicted molar refractivity (Wildman–Crippen MR) is 98.2 cm³/mol. The van der Waals surface area contributed by atoms with Crippen LogP contribution < -0.4 is 9.47 Å². The highest BCUT2D eigenvalue weighted by molar-refractivity contribution is 7.13. The number of methoxy groups -OCH3 is 2. The van der Waals surface area contributed by atoms with E-state index in [-0.39, 0.29) is 12.5 Å². The monoisotopic (exact) mass is 378 g/mol. The molecule has 26 heavy (non-hydrogen) atoms. The van der Waals surface area contributed by atoms with E-state index in [4.69, 9.17) is 9.47 Å². The van der Waals surface area contributed by atoms with Crippen molar-refractivity contribution in [3.05, 3.63) is 39.3 Å². The molecule has 0 saturated carbocycles. The maximum Gasteiger partial charge on any atom is 0.323 e. The number of thiazole rings is 1. The molecule has 0 saturated heterocycles. The molecule has 1 aromatic heterocycles. The summed E-state index contributed by atoms with van der Waals surface area (Å²) in [5.41, 5.74) is 1.34. The lowest BCUT2D eigenvalue weighted by Crippen LogP contribution is -2.35. The lowest BCUT2D eigenvalue weighted by Gasteiger charge is -2.21. The number of rotatable bonds is 8. The summed E-state index contributed by atoms with van der Waals surface area (Å²) in [4.78, 5) is 30.3. The molecule has 0 spiro atoms. The summed E-state index contributed by atoms with van der Waals surface area (Å²) >= 11 is 1.30. The molecule has 1 aromatic carbocycles. The predicted octanol–water partition coefficient (Wildman–Crippen LogP) is 2.76. The topological polar surface area (TPSA) is 89.0 Å². The van der Waals surface area contributed by atoms with Gasteiger partial charge in [0, 0.05) is 12.6 Å². The van der Waals surface area contributed by atoms with Crippen molar-refractivity contribution in [1.82, 2.24) is 9.88 Å². The molecule has 0 aliphatic rings. The zero-order valence-electron chi connectivity index (χ0n) is 15.2. The van der Waals surface area contributed by atoms with E-state index in [1.165, 1.54) is 30.5 Å². The Bertz CT molecular complexity index is 781. The van der Waals surface area contributed by atoms with Crippen LogP contribution in [0.5, 0.6) is 11.5 Å². The van der Waals surface area contributed by atoms with Crippen LogP contribution in [0.2, 0.25) is 0 Å². The van der Waals surface area contributed by atoms with E-state index in [2.05, 4.69) is 4.98 Å².